The summed E-state index contributed by atoms with van der Waals surface area (Å²) in [5.74, 6) is -1.75. The Kier molecular flexibility index (Phi) is 8.13. The molecule has 1 heterocycles. The Labute approximate surface area is 236 Å². The Morgan fingerprint density at radius 2 is 1.68 bits per heavy atom. The number of nitrogens with one attached hydrogen (secondary N) is 2. The van der Waals surface area contributed by atoms with Gasteiger partial charge in [-0.05, 0) is 90.3 Å². The van der Waals surface area contributed by atoms with E-state index in [0.717, 1.165) is 21.6 Å². The number of hydrogen-bond donors (Lipinski definition) is 2. The second kappa shape index (κ2) is 11.3. The molecule has 0 bridgehead atoms. The van der Waals surface area contributed by atoms with Crippen LogP contribution in [0.3, 0.4) is 0 Å². The number of ether oxygens (including phenoxy) is 1. The van der Waals surface area contributed by atoms with E-state index in [0.29, 0.717) is 25.9 Å². The molecular formula is C28H23Br2N3O5. The van der Waals surface area contributed by atoms with E-state index in [1.54, 1.807) is 42.5 Å². The number of benzene rings is 3. The van der Waals surface area contributed by atoms with Crippen molar-refractivity contribution in [3.05, 3.63) is 91.4 Å². The molecule has 0 aromatic heterocycles. The summed E-state index contributed by atoms with van der Waals surface area (Å²) < 4.78 is 6.94. The second-order valence-corrected chi connectivity index (χ2v) is 10.5. The molecule has 1 aliphatic rings. The summed E-state index contributed by atoms with van der Waals surface area (Å²) in [6.07, 6.45) is 1.33. The van der Waals surface area contributed by atoms with Crippen molar-refractivity contribution in [2.75, 3.05) is 16.8 Å². The molecule has 5 amide bonds. The number of amides is 5. The molecule has 1 saturated heterocycles. The minimum Gasteiger partial charge on any atom is -0.482 e. The quantitative estimate of drug-likeness (QED) is 0.261. The van der Waals surface area contributed by atoms with Gasteiger partial charge >= 0.3 is 6.03 Å². The fraction of sp³-hybridized carbons (Fsp3) is 0.143. The molecular weight excluding hydrogens is 618 g/mol. The van der Waals surface area contributed by atoms with Gasteiger partial charge in [-0.2, -0.15) is 0 Å². The number of barbiturate groups is 1. The lowest BCUT2D eigenvalue weighted by molar-refractivity contribution is -0.122. The van der Waals surface area contributed by atoms with Crippen LogP contribution in [-0.4, -0.2) is 30.4 Å². The van der Waals surface area contributed by atoms with Crippen LogP contribution in [0, 0.1) is 20.8 Å². The van der Waals surface area contributed by atoms with E-state index < -0.39 is 17.8 Å². The summed E-state index contributed by atoms with van der Waals surface area (Å²) >= 11 is 6.83. The molecule has 0 aliphatic carbocycles. The van der Waals surface area contributed by atoms with Gasteiger partial charge in [-0.15, -0.1) is 0 Å². The second-order valence-electron chi connectivity index (χ2n) is 8.74. The third-order valence-electron chi connectivity index (χ3n) is 5.87. The van der Waals surface area contributed by atoms with Crippen molar-refractivity contribution in [3.63, 3.8) is 0 Å². The van der Waals surface area contributed by atoms with Crippen molar-refractivity contribution in [2.24, 2.45) is 0 Å². The van der Waals surface area contributed by atoms with Gasteiger partial charge in [0.25, 0.3) is 17.7 Å². The number of halogens is 2. The van der Waals surface area contributed by atoms with Gasteiger partial charge in [0.15, 0.2) is 6.61 Å². The Balaban J connectivity index is 1.63. The summed E-state index contributed by atoms with van der Waals surface area (Å²) in [6.45, 7) is 5.41. The first-order valence-electron chi connectivity index (χ1n) is 11.5. The highest BCUT2D eigenvalue weighted by Crippen LogP contribution is 2.35. The third kappa shape index (κ3) is 6.03. The maximum atomic E-state index is 13.4. The molecule has 4 rings (SSSR count). The normalized spacial score (nSPS) is 14.5. The smallest absolute Gasteiger partial charge is 0.335 e. The molecule has 0 radical (unpaired) electrons. The molecule has 10 heteroatoms. The average Bonchev–Trinajstić information content (AvgIpc) is 2.84. The van der Waals surface area contributed by atoms with Crippen molar-refractivity contribution in [1.29, 1.82) is 0 Å². The molecule has 2 N–H and O–H groups in total. The summed E-state index contributed by atoms with van der Waals surface area (Å²) in [7, 11) is 0. The van der Waals surface area contributed by atoms with Crippen LogP contribution in [0.4, 0.5) is 16.2 Å². The van der Waals surface area contributed by atoms with Gasteiger partial charge in [0.1, 0.15) is 11.3 Å². The minimum atomic E-state index is -0.834. The first-order valence-corrected chi connectivity index (χ1v) is 13.1. The SMILES string of the molecule is Cc1ccc(NC(=O)COc2c(Br)cc(Br)cc2/C=C2/C(=O)NC(=O)N(c3ccc(C)c(C)c3)C2=O)cc1. The molecule has 0 saturated carbocycles. The van der Waals surface area contributed by atoms with Gasteiger partial charge in [-0.1, -0.05) is 39.7 Å². The average molecular weight is 641 g/mol. The van der Waals surface area contributed by atoms with Crippen LogP contribution in [0.25, 0.3) is 6.08 Å². The Morgan fingerprint density at radius 3 is 2.37 bits per heavy atom. The molecule has 1 fully saturated rings. The van der Waals surface area contributed by atoms with Gasteiger partial charge < -0.3 is 10.1 Å². The molecule has 3 aromatic carbocycles. The van der Waals surface area contributed by atoms with Crippen LogP contribution in [0.1, 0.15) is 22.3 Å². The molecule has 1 aliphatic heterocycles. The zero-order chi connectivity index (χ0) is 27.6. The summed E-state index contributed by atoms with van der Waals surface area (Å²) in [5, 5.41) is 4.98. The summed E-state index contributed by atoms with van der Waals surface area (Å²) in [6, 6.07) is 15.0. The van der Waals surface area contributed by atoms with E-state index in [1.807, 2.05) is 32.9 Å². The van der Waals surface area contributed by atoms with E-state index >= 15 is 0 Å². The number of urea groups is 1. The van der Waals surface area contributed by atoms with Crippen LogP contribution < -0.4 is 20.3 Å². The largest absolute Gasteiger partial charge is 0.482 e. The maximum Gasteiger partial charge on any atom is 0.335 e. The van der Waals surface area contributed by atoms with E-state index in [-0.39, 0.29) is 23.8 Å². The number of hydrogen-bond acceptors (Lipinski definition) is 5. The first kappa shape index (κ1) is 27.3. The van der Waals surface area contributed by atoms with Crippen molar-refractivity contribution in [1.82, 2.24) is 5.32 Å². The highest BCUT2D eigenvalue weighted by atomic mass is 79.9. The lowest BCUT2D eigenvalue weighted by Crippen LogP contribution is -2.54. The topological polar surface area (TPSA) is 105 Å². The lowest BCUT2D eigenvalue weighted by atomic mass is 10.0. The summed E-state index contributed by atoms with van der Waals surface area (Å²) in [4.78, 5) is 52.1. The first-order chi connectivity index (χ1) is 18.0. The van der Waals surface area contributed by atoms with Crippen LogP contribution in [0.2, 0.25) is 0 Å². The number of nitrogens with zero attached hydrogens (tertiary/aromatic N) is 1. The van der Waals surface area contributed by atoms with Crippen molar-refractivity contribution in [2.45, 2.75) is 20.8 Å². The predicted molar refractivity (Wildman–Crippen MR) is 152 cm³/mol. The molecule has 194 valence electrons. The minimum absolute atomic E-state index is 0.245. The van der Waals surface area contributed by atoms with E-state index in [1.165, 1.54) is 6.08 Å². The zero-order valence-electron chi connectivity index (χ0n) is 20.7. The number of carbonyl (C=O) groups excluding carboxylic acids is 4. The van der Waals surface area contributed by atoms with Gasteiger partial charge in [0.05, 0.1) is 10.2 Å². The molecule has 0 atom stereocenters. The van der Waals surface area contributed by atoms with Crippen molar-refractivity contribution < 1.29 is 23.9 Å². The van der Waals surface area contributed by atoms with Crippen LogP contribution in [0.15, 0.2) is 69.1 Å². The van der Waals surface area contributed by atoms with Gasteiger partial charge in [-0.3, -0.25) is 19.7 Å². The highest BCUT2D eigenvalue weighted by molar-refractivity contribution is 9.11. The third-order valence-corrected chi connectivity index (χ3v) is 6.92. The summed E-state index contributed by atoms with van der Waals surface area (Å²) in [5.41, 5.74) is 4.01. The van der Waals surface area contributed by atoms with Crippen LogP contribution in [0.5, 0.6) is 5.75 Å². The molecule has 0 spiro atoms. The van der Waals surface area contributed by atoms with Gasteiger partial charge in [0.2, 0.25) is 0 Å². The van der Waals surface area contributed by atoms with Gasteiger partial charge in [0, 0.05) is 15.7 Å². The number of imide groups is 2. The number of carbonyl (C=O) groups is 4. The monoisotopic (exact) mass is 639 g/mol. The van der Waals surface area contributed by atoms with Crippen LogP contribution in [-0.2, 0) is 14.4 Å². The van der Waals surface area contributed by atoms with E-state index in [9.17, 15) is 19.2 Å². The predicted octanol–water partition coefficient (Wildman–Crippen LogP) is 5.82. The van der Waals surface area contributed by atoms with Crippen molar-refractivity contribution >= 4 is 73.1 Å². The Hall–Kier alpha value is -3.76. The van der Waals surface area contributed by atoms with Crippen molar-refractivity contribution in [3.8, 4) is 5.75 Å². The Morgan fingerprint density at radius 1 is 0.974 bits per heavy atom. The van der Waals surface area contributed by atoms with Crippen LogP contribution >= 0.6 is 31.9 Å². The molecule has 8 nitrogen and oxygen atoms in total. The number of anilines is 2. The molecule has 0 unspecified atom stereocenters. The van der Waals surface area contributed by atoms with E-state index in [4.69, 9.17) is 4.74 Å². The molecule has 3 aromatic rings. The number of aryl methyl sites for hydroxylation is 3. The Bertz CT molecular complexity index is 1500. The lowest BCUT2D eigenvalue weighted by Gasteiger charge is -2.27. The standard InChI is InChI=1S/C28H23Br2N3O5/c1-15-4-7-20(8-5-15)31-24(34)14-38-25-18(11-19(29)13-23(25)30)12-22-26(35)32-28(37)33(27(22)36)21-9-6-16(2)17(3)10-21/h4-13H,14H2,1-3H3,(H,31,34)(H,32,35,37)/b22-12-. The highest BCUT2D eigenvalue weighted by Gasteiger charge is 2.37. The van der Waals surface area contributed by atoms with Gasteiger partial charge in [-0.25, -0.2) is 9.69 Å². The maximum absolute atomic E-state index is 13.4. The zero-order valence-corrected chi connectivity index (χ0v) is 23.9. The fourth-order valence-electron chi connectivity index (χ4n) is 3.72. The number of rotatable bonds is 6. The van der Waals surface area contributed by atoms with E-state index in [2.05, 4.69) is 42.5 Å². The molecule has 38 heavy (non-hydrogen) atoms. The fourth-order valence-corrected chi connectivity index (χ4v) is 5.10.